The van der Waals surface area contributed by atoms with E-state index < -0.39 is 91.4 Å². The fourth-order valence-corrected chi connectivity index (χ4v) is 7.80. The number of pyridine rings is 1. The van der Waals surface area contributed by atoms with E-state index in [1.54, 1.807) is 0 Å². The van der Waals surface area contributed by atoms with Gasteiger partial charge < -0.3 is 15.2 Å². The van der Waals surface area contributed by atoms with Crippen LogP contribution >= 0.6 is 11.6 Å². The van der Waals surface area contributed by atoms with E-state index in [1.165, 1.54) is 55.6 Å². The first-order chi connectivity index (χ1) is 25.1. The van der Waals surface area contributed by atoms with Crippen LogP contribution in [-0.4, -0.2) is 66.8 Å². The van der Waals surface area contributed by atoms with Crippen LogP contribution in [0.25, 0.3) is 23.8 Å². The van der Waals surface area contributed by atoms with Crippen LogP contribution in [0.5, 0.6) is 0 Å². The van der Waals surface area contributed by atoms with Gasteiger partial charge in [0.1, 0.15) is 9.79 Å². The first-order valence-corrected chi connectivity index (χ1v) is 20.1. The Kier molecular flexibility index (Phi) is 11.0. The molecule has 0 unspecified atom stereocenters. The molecule has 54 heavy (non-hydrogen) atoms. The average molecular weight is 818 g/mol. The van der Waals surface area contributed by atoms with Crippen LogP contribution in [0.3, 0.4) is 0 Å². The Morgan fingerprint density at radius 3 is 2.07 bits per heavy atom. The number of amides is 1. The first-order valence-electron chi connectivity index (χ1n) is 15.3. The molecule has 20 heteroatoms. The number of nitrogens with zero attached hydrogens (tertiary/aromatic N) is 1. The second-order valence-electron chi connectivity index (χ2n) is 11.7. The summed E-state index contributed by atoms with van der Waals surface area (Å²) in [5.41, 5.74) is -2.85. The van der Waals surface area contributed by atoms with Crippen molar-refractivity contribution in [3.8, 4) is 11.1 Å². The number of alkyl halides is 1. The van der Waals surface area contributed by atoms with Crippen LogP contribution in [0.1, 0.15) is 39.1 Å². The minimum absolute atomic E-state index is 0.0392. The van der Waals surface area contributed by atoms with Crippen molar-refractivity contribution in [2.75, 3.05) is 16.5 Å². The Labute approximate surface area is 312 Å². The molecule has 2 bridgehead atoms. The number of hydrogen-bond acceptors (Lipinski definition) is 11. The van der Waals surface area contributed by atoms with Gasteiger partial charge in [0.25, 0.3) is 35.9 Å². The second-order valence-corrected chi connectivity index (χ2v) is 16.3. The van der Waals surface area contributed by atoms with Gasteiger partial charge in [-0.3, -0.25) is 32.8 Å². The van der Waals surface area contributed by atoms with E-state index in [0.29, 0.717) is 6.07 Å². The molecule has 1 heterocycles. The lowest BCUT2D eigenvalue weighted by Crippen LogP contribution is -2.45. The number of benzene rings is 3. The predicted molar refractivity (Wildman–Crippen MR) is 197 cm³/mol. The molecular formula is C34H28ClN3O13S3. The lowest BCUT2D eigenvalue weighted by Gasteiger charge is -2.19. The Morgan fingerprint density at radius 2 is 1.46 bits per heavy atom. The molecule has 0 radical (unpaired) electrons. The number of Topliss-reactive ketones (excluding diaryl/α,β-unsaturated/α-hetero) is 1. The zero-order chi connectivity index (χ0) is 39.9. The van der Waals surface area contributed by atoms with Crippen molar-refractivity contribution in [2.45, 2.75) is 27.5 Å². The predicted octanol–water partition coefficient (Wildman–Crippen LogP) is 2.36. The van der Waals surface area contributed by atoms with Gasteiger partial charge in [0.15, 0.2) is 11.6 Å². The number of allylic oxidation sites excluding steroid dienone is 2. The molecule has 5 N–H and O–H groups in total. The van der Waals surface area contributed by atoms with Crippen LogP contribution < -0.4 is 26.8 Å². The quantitative estimate of drug-likeness (QED) is 0.0875. The molecule has 0 aliphatic heterocycles. The van der Waals surface area contributed by atoms with Gasteiger partial charge in [-0.15, -0.1) is 11.6 Å². The number of fused-ring (bicyclic) bond motifs is 4. The normalized spacial score (nSPS) is 14.9. The highest BCUT2D eigenvalue weighted by atomic mass is 35.5. The standard InChI is InChI=1S/C34H28ClN3O13S3/c1-18-26-11-10-20(36-24-16-25(37-30(40)12-13-35)29(54(49,50)51)17-28(24)53(46,47)48)15-27(39)22-8-3-4-9-23(22)31(18)32(34(42)38(26)2)33(41)19-6-5-7-21(14-19)52(43,44)45/h3-11,14,16-17,36H,1,12-13,15H2,2H3,(H,37,40)(H,43,44,45)(H,46,47,48)(H,49,50,51)/b20-10+,26-11+. The highest BCUT2D eigenvalue weighted by Crippen LogP contribution is 2.34. The van der Waals surface area contributed by atoms with Crippen molar-refractivity contribution < 1.29 is 53.3 Å². The topological polar surface area (TPSA) is 260 Å². The van der Waals surface area contributed by atoms with Crippen LogP contribution in [-0.2, 0) is 42.2 Å². The highest BCUT2D eigenvalue weighted by Gasteiger charge is 2.29. The smallest absolute Gasteiger partial charge is 0.296 e. The van der Waals surface area contributed by atoms with E-state index in [2.05, 4.69) is 17.2 Å². The van der Waals surface area contributed by atoms with Gasteiger partial charge in [-0.25, -0.2) is 0 Å². The van der Waals surface area contributed by atoms with Crippen molar-refractivity contribution >= 4 is 83.5 Å². The molecule has 0 spiro atoms. The number of ketones is 2. The summed E-state index contributed by atoms with van der Waals surface area (Å²) in [7, 11) is -13.9. The molecular weight excluding hydrogens is 790 g/mol. The van der Waals surface area contributed by atoms with E-state index >= 15 is 0 Å². The highest BCUT2D eigenvalue weighted by molar-refractivity contribution is 7.87. The van der Waals surface area contributed by atoms with Gasteiger partial charge in [-0.1, -0.05) is 43.0 Å². The van der Waals surface area contributed by atoms with Gasteiger partial charge in [0.05, 0.1) is 33.6 Å². The Bertz CT molecular complexity index is 2850. The van der Waals surface area contributed by atoms with Gasteiger partial charge in [-0.05, 0) is 47.2 Å². The third kappa shape index (κ3) is 8.11. The van der Waals surface area contributed by atoms with E-state index in [1.807, 2.05) is 0 Å². The summed E-state index contributed by atoms with van der Waals surface area (Å²) >= 11 is 5.60. The van der Waals surface area contributed by atoms with Crippen LogP contribution in [0.4, 0.5) is 11.4 Å². The molecule has 1 aliphatic carbocycles. The molecule has 0 fully saturated rings. The molecule has 5 rings (SSSR count). The lowest BCUT2D eigenvalue weighted by molar-refractivity contribution is -0.115. The van der Waals surface area contributed by atoms with E-state index in [-0.39, 0.29) is 50.8 Å². The van der Waals surface area contributed by atoms with Gasteiger partial charge in [-0.2, -0.15) is 25.3 Å². The van der Waals surface area contributed by atoms with Crippen LogP contribution in [0.2, 0.25) is 0 Å². The summed E-state index contributed by atoms with van der Waals surface area (Å²) in [5.74, 6) is -2.59. The molecule has 1 amide bonds. The van der Waals surface area contributed by atoms with Crippen molar-refractivity contribution in [3.05, 3.63) is 110 Å². The average Bonchev–Trinajstić information content (AvgIpc) is 3.07. The van der Waals surface area contributed by atoms with Crippen molar-refractivity contribution in [1.29, 1.82) is 0 Å². The van der Waals surface area contributed by atoms with E-state index in [4.69, 9.17) is 11.6 Å². The van der Waals surface area contributed by atoms with E-state index in [0.717, 1.165) is 22.8 Å². The molecule has 0 saturated heterocycles. The number of halogens is 1. The maximum Gasteiger partial charge on any atom is 0.296 e. The second kappa shape index (κ2) is 14.9. The summed E-state index contributed by atoms with van der Waals surface area (Å²) in [4.78, 5) is 51.6. The summed E-state index contributed by atoms with van der Waals surface area (Å²) in [6.07, 6.45) is 1.72. The van der Waals surface area contributed by atoms with Gasteiger partial charge >= 0.3 is 0 Å². The van der Waals surface area contributed by atoms with Gasteiger partial charge in [0.2, 0.25) is 5.91 Å². The number of carbonyl (C=O) groups excluding carboxylic acids is 3. The van der Waals surface area contributed by atoms with Gasteiger partial charge in [0, 0.05) is 41.7 Å². The van der Waals surface area contributed by atoms with Crippen molar-refractivity contribution in [2.24, 2.45) is 7.05 Å². The molecule has 0 saturated carbocycles. The maximum atomic E-state index is 14.0. The fourth-order valence-electron chi connectivity index (χ4n) is 5.72. The minimum atomic E-state index is -5.25. The SMILES string of the molecule is C=c1c2c(C(=O)c3cccc(S(=O)(=O)O)c3)c(=O)n(C)/c1=C/C=C(/Nc1cc(NC(=O)CCCl)c(S(=O)(=O)O)cc1S(=O)(=O)O)CC(=O)c1ccccc1-2. The third-order valence-corrected chi connectivity index (χ3v) is 11.0. The zero-order valence-electron chi connectivity index (χ0n) is 27.7. The number of anilines is 2. The number of aromatic nitrogens is 1. The maximum absolute atomic E-state index is 14.0. The largest absolute Gasteiger partial charge is 0.357 e. The zero-order valence-corrected chi connectivity index (χ0v) is 30.9. The third-order valence-electron chi connectivity index (χ3n) is 8.18. The Morgan fingerprint density at radius 1 is 0.833 bits per heavy atom. The lowest BCUT2D eigenvalue weighted by atomic mass is 9.88. The monoisotopic (exact) mass is 817 g/mol. The molecule has 1 aromatic heterocycles. The van der Waals surface area contributed by atoms with Crippen LogP contribution in [0, 0.1) is 0 Å². The van der Waals surface area contributed by atoms with Crippen molar-refractivity contribution in [1.82, 2.24) is 4.57 Å². The summed E-state index contributed by atoms with van der Waals surface area (Å²) in [6.45, 7) is 4.10. The van der Waals surface area contributed by atoms with E-state index in [9.17, 15) is 58.1 Å². The number of carbonyl (C=O) groups is 3. The first kappa shape index (κ1) is 39.9. The summed E-state index contributed by atoms with van der Waals surface area (Å²) in [6, 6.07) is 11.4. The summed E-state index contributed by atoms with van der Waals surface area (Å²) in [5, 5.41) is 5.03. The van der Waals surface area contributed by atoms with Crippen molar-refractivity contribution in [3.63, 3.8) is 0 Å². The minimum Gasteiger partial charge on any atom is -0.357 e. The van der Waals surface area contributed by atoms with Crippen LogP contribution in [0.15, 0.2) is 91.9 Å². The molecule has 0 atom stereocenters. The molecule has 16 nitrogen and oxygen atoms in total. The number of rotatable bonds is 10. The molecule has 4 aromatic rings. The molecule has 282 valence electrons. The number of nitrogens with one attached hydrogen (secondary N) is 2. The molecule has 3 aromatic carbocycles. The number of hydrogen-bond donors (Lipinski definition) is 5. The fraction of sp³-hybridized carbons (Fsp3) is 0.118. The Balaban J connectivity index is 1.79. The summed E-state index contributed by atoms with van der Waals surface area (Å²) < 4.78 is 103. The Hall–Kier alpha value is -5.28. The molecule has 1 aliphatic rings.